The van der Waals surface area contributed by atoms with Crippen LogP contribution in [0.2, 0.25) is 0 Å². The molecule has 1 saturated carbocycles. The molecule has 3 aliphatic rings. The molecule has 23 heavy (non-hydrogen) atoms. The van der Waals surface area contributed by atoms with Crippen LogP contribution in [-0.4, -0.2) is 33.5 Å². The normalized spacial score (nSPS) is 28.8. The zero-order chi connectivity index (χ0) is 16.2. The molecule has 122 valence electrons. The molecule has 4 rings (SSSR count). The van der Waals surface area contributed by atoms with Crippen molar-refractivity contribution >= 4 is 23.6 Å². The van der Waals surface area contributed by atoms with E-state index in [-0.39, 0.29) is 28.0 Å². The molecule has 0 aromatic heterocycles. The lowest BCUT2D eigenvalue weighted by atomic mass is 10.00. The number of carbonyl (C=O) groups is 2. The van der Waals surface area contributed by atoms with Crippen molar-refractivity contribution in [2.45, 2.75) is 61.7 Å². The van der Waals surface area contributed by atoms with Gasteiger partial charge >= 0.3 is 0 Å². The predicted octanol–water partition coefficient (Wildman–Crippen LogP) is 3.09. The zero-order valence-electron chi connectivity index (χ0n) is 13.5. The Labute approximate surface area is 141 Å². The van der Waals surface area contributed by atoms with E-state index < -0.39 is 6.04 Å². The van der Waals surface area contributed by atoms with Crippen molar-refractivity contribution in [3.8, 4) is 0 Å². The fraction of sp³-hybridized carbons (Fsp3) is 0.556. The smallest absolute Gasteiger partial charge is 0.256 e. The van der Waals surface area contributed by atoms with Gasteiger partial charge in [-0.05, 0) is 38.3 Å². The van der Waals surface area contributed by atoms with Crippen LogP contribution in [0.4, 0.5) is 0 Å². The van der Waals surface area contributed by atoms with Gasteiger partial charge in [-0.2, -0.15) is 0 Å². The number of nitrogens with zero attached hydrogens (tertiary/aromatic N) is 1. The minimum Gasteiger partial charge on any atom is -0.352 e. The van der Waals surface area contributed by atoms with Crippen LogP contribution >= 0.6 is 11.8 Å². The van der Waals surface area contributed by atoms with Gasteiger partial charge in [-0.25, -0.2) is 0 Å². The number of hydrogen-bond donors (Lipinski definition) is 1. The van der Waals surface area contributed by atoms with Crippen LogP contribution < -0.4 is 5.32 Å². The van der Waals surface area contributed by atoms with Gasteiger partial charge in [0, 0.05) is 16.4 Å². The molecule has 2 fully saturated rings. The number of nitrogens with one attached hydrogen (secondary N) is 1. The number of hydrogen-bond acceptors (Lipinski definition) is 3. The Morgan fingerprint density at radius 1 is 1.26 bits per heavy atom. The van der Waals surface area contributed by atoms with Crippen molar-refractivity contribution in [2.24, 2.45) is 0 Å². The zero-order valence-corrected chi connectivity index (χ0v) is 14.4. The maximum absolute atomic E-state index is 12.9. The summed E-state index contributed by atoms with van der Waals surface area (Å²) in [5.41, 5.74) is 1.80. The van der Waals surface area contributed by atoms with E-state index in [9.17, 15) is 9.59 Å². The predicted molar refractivity (Wildman–Crippen MR) is 91.2 cm³/mol. The molecule has 1 saturated heterocycles. The van der Waals surface area contributed by atoms with Crippen molar-refractivity contribution in [1.82, 2.24) is 10.2 Å². The van der Waals surface area contributed by atoms with Gasteiger partial charge in [0.2, 0.25) is 5.91 Å². The van der Waals surface area contributed by atoms with E-state index in [1.807, 2.05) is 24.3 Å². The number of carbonyl (C=O) groups excluding carboxylic acids is 2. The average Bonchev–Trinajstić information content (AvgIpc) is 3.16. The standard InChI is InChI=1S/C18H22N2O2S/c1-18(2)14(15(21)19-11-7-3-4-8-11)20-16(22)12-9-5-6-10-13(12)17(20)23-18/h5-6,9-11,14,17H,3-4,7-8H2,1-2H3,(H,19,21)/t14-,17+/m1/s1. The van der Waals surface area contributed by atoms with Crippen LogP contribution in [0.5, 0.6) is 0 Å². The van der Waals surface area contributed by atoms with Gasteiger partial charge in [0.25, 0.3) is 5.91 Å². The summed E-state index contributed by atoms with van der Waals surface area (Å²) in [6, 6.07) is 7.62. The maximum atomic E-state index is 12.9. The van der Waals surface area contributed by atoms with Crippen LogP contribution in [0.15, 0.2) is 24.3 Å². The molecule has 5 heteroatoms. The summed E-state index contributed by atoms with van der Waals surface area (Å²) in [7, 11) is 0. The number of fused-ring (bicyclic) bond motifs is 3. The molecule has 2 atom stereocenters. The van der Waals surface area contributed by atoms with E-state index in [2.05, 4.69) is 19.2 Å². The first-order valence-corrected chi connectivity index (χ1v) is 9.27. The van der Waals surface area contributed by atoms with Crippen LogP contribution in [0.3, 0.4) is 0 Å². The molecule has 4 nitrogen and oxygen atoms in total. The van der Waals surface area contributed by atoms with Crippen LogP contribution in [0.1, 0.15) is 60.8 Å². The molecular weight excluding hydrogens is 308 g/mol. The lowest BCUT2D eigenvalue weighted by molar-refractivity contribution is -0.126. The van der Waals surface area contributed by atoms with Crippen LogP contribution in [-0.2, 0) is 4.79 Å². The van der Waals surface area contributed by atoms with Gasteiger partial charge in [-0.3, -0.25) is 9.59 Å². The third kappa shape index (κ3) is 2.28. The number of amides is 2. The summed E-state index contributed by atoms with van der Waals surface area (Å²) in [5.74, 6) is 0.00769. The highest BCUT2D eigenvalue weighted by Crippen LogP contribution is 2.56. The van der Waals surface area contributed by atoms with Gasteiger partial charge in [-0.1, -0.05) is 31.0 Å². The highest BCUT2D eigenvalue weighted by atomic mass is 32.2. The Hall–Kier alpha value is -1.49. The lowest BCUT2D eigenvalue weighted by Crippen LogP contribution is -2.54. The third-order valence-electron chi connectivity index (χ3n) is 5.25. The number of thioether (sulfide) groups is 1. The Morgan fingerprint density at radius 2 is 1.96 bits per heavy atom. The van der Waals surface area contributed by atoms with Crippen LogP contribution in [0, 0.1) is 0 Å². The Morgan fingerprint density at radius 3 is 2.70 bits per heavy atom. The van der Waals surface area contributed by atoms with Gasteiger partial charge in [-0.15, -0.1) is 11.8 Å². The molecular formula is C18H22N2O2S. The molecule has 1 aliphatic carbocycles. The highest BCUT2D eigenvalue weighted by Gasteiger charge is 2.57. The molecule has 0 unspecified atom stereocenters. The fourth-order valence-corrected chi connectivity index (χ4v) is 5.74. The van der Waals surface area contributed by atoms with E-state index in [0.29, 0.717) is 0 Å². The quantitative estimate of drug-likeness (QED) is 0.906. The topological polar surface area (TPSA) is 49.4 Å². The molecule has 0 spiro atoms. The van der Waals surface area contributed by atoms with Crippen molar-refractivity contribution in [2.75, 3.05) is 0 Å². The van der Waals surface area contributed by atoms with Crippen molar-refractivity contribution in [3.63, 3.8) is 0 Å². The molecule has 1 N–H and O–H groups in total. The summed E-state index contributed by atoms with van der Waals surface area (Å²) in [6.07, 6.45) is 4.49. The first-order chi connectivity index (χ1) is 11.0. The van der Waals surface area contributed by atoms with E-state index in [0.717, 1.165) is 24.0 Å². The fourth-order valence-electron chi connectivity index (χ4n) is 4.15. The highest BCUT2D eigenvalue weighted by molar-refractivity contribution is 8.01. The molecule has 2 amide bonds. The van der Waals surface area contributed by atoms with E-state index in [4.69, 9.17) is 0 Å². The second kappa shape index (κ2) is 5.26. The summed E-state index contributed by atoms with van der Waals surface area (Å²) in [6.45, 7) is 4.15. The van der Waals surface area contributed by atoms with Crippen molar-refractivity contribution in [3.05, 3.63) is 35.4 Å². The molecule has 0 bridgehead atoms. The van der Waals surface area contributed by atoms with Gasteiger partial charge in [0.05, 0.1) is 0 Å². The molecule has 1 aromatic rings. The average molecular weight is 330 g/mol. The van der Waals surface area contributed by atoms with Crippen LogP contribution in [0.25, 0.3) is 0 Å². The lowest BCUT2D eigenvalue weighted by Gasteiger charge is -2.30. The Bertz CT molecular complexity index is 667. The minimum absolute atomic E-state index is 0.00440. The summed E-state index contributed by atoms with van der Waals surface area (Å²) in [4.78, 5) is 27.6. The molecule has 0 radical (unpaired) electrons. The first kappa shape index (κ1) is 15.1. The molecule has 2 heterocycles. The first-order valence-electron chi connectivity index (χ1n) is 8.39. The van der Waals surface area contributed by atoms with E-state index in [1.165, 1.54) is 12.8 Å². The largest absolute Gasteiger partial charge is 0.352 e. The Kier molecular flexibility index (Phi) is 3.45. The van der Waals surface area contributed by atoms with Gasteiger partial charge in [0.15, 0.2) is 0 Å². The monoisotopic (exact) mass is 330 g/mol. The Balaban J connectivity index is 1.64. The van der Waals surface area contributed by atoms with Gasteiger partial charge < -0.3 is 10.2 Å². The van der Waals surface area contributed by atoms with Crippen molar-refractivity contribution in [1.29, 1.82) is 0 Å². The summed E-state index contributed by atoms with van der Waals surface area (Å²) in [5, 5.41) is 3.16. The van der Waals surface area contributed by atoms with E-state index in [1.54, 1.807) is 16.7 Å². The summed E-state index contributed by atoms with van der Waals surface area (Å²) < 4.78 is -0.281. The molecule has 2 aliphatic heterocycles. The minimum atomic E-state index is -0.405. The second-order valence-electron chi connectivity index (χ2n) is 7.27. The third-order valence-corrected chi connectivity index (χ3v) is 6.78. The number of benzene rings is 1. The van der Waals surface area contributed by atoms with Gasteiger partial charge in [0.1, 0.15) is 11.4 Å². The molecule has 1 aromatic carbocycles. The van der Waals surface area contributed by atoms with E-state index >= 15 is 0 Å². The maximum Gasteiger partial charge on any atom is 0.256 e. The number of rotatable bonds is 2. The van der Waals surface area contributed by atoms with Crippen molar-refractivity contribution < 1.29 is 9.59 Å². The second-order valence-corrected chi connectivity index (χ2v) is 9.00. The SMILES string of the molecule is CC1(C)S[C@H]2c3ccccc3C(=O)N2[C@@H]1C(=O)NC1CCCC1. The summed E-state index contributed by atoms with van der Waals surface area (Å²) >= 11 is 1.72.